The Morgan fingerprint density at radius 2 is 1.59 bits per heavy atom. The Morgan fingerprint density at radius 3 is 2.13 bits per heavy atom. The first-order chi connectivity index (χ1) is 18.6. The van der Waals surface area contributed by atoms with E-state index in [-0.39, 0.29) is 10.7 Å². The van der Waals surface area contributed by atoms with E-state index in [1.807, 2.05) is 0 Å². The van der Waals surface area contributed by atoms with E-state index in [4.69, 9.17) is 14.2 Å². The third-order valence-corrected chi connectivity index (χ3v) is 6.78. The summed E-state index contributed by atoms with van der Waals surface area (Å²) >= 11 is 4.53. The molecule has 39 heavy (non-hydrogen) atoms. The molecule has 3 aromatic carbocycles. The molecule has 4 rings (SSSR count). The van der Waals surface area contributed by atoms with E-state index in [2.05, 4.69) is 26.0 Å². The molecule has 1 amide bonds. The van der Waals surface area contributed by atoms with Crippen LogP contribution in [0.2, 0.25) is 0 Å². The number of benzene rings is 3. The smallest absolute Gasteiger partial charge is 0.281 e. The van der Waals surface area contributed by atoms with Crippen LogP contribution >= 0.6 is 27.3 Å². The van der Waals surface area contributed by atoms with Crippen LogP contribution in [0.3, 0.4) is 0 Å². The Bertz CT molecular complexity index is 1580. The molecule has 0 aliphatic heterocycles. The average molecular weight is 616 g/mol. The third-order valence-electron chi connectivity index (χ3n) is 5.29. The largest absolute Gasteiger partial charge is 0.493 e. The number of ether oxygens (including phenoxy) is 3. The number of nitro benzene ring substituents is 2. The summed E-state index contributed by atoms with van der Waals surface area (Å²) in [5.41, 5.74) is -0.526. The number of carbonyl (C=O) groups excluding carboxylic acids is 1. The third kappa shape index (κ3) is 5.78. The summed E-state index contributed by atoms with van der Waals surface area (Å²) in [6.07, 6.45) is 1.33. The van der Waals surface area contributed by atoms with Gasteiger partial charge in [0.25, 0.3) is 17.3 Å². The molecule has 0 bridgehead atoms. The normalized spacial score (nSPS) is 11.0. The number of thiazole rings is 1. The fourth-order valence-corrected chi connectivity index (χ4v) is 4.99. The predicted octanol–water partition coefficient (Wildman–Crippen LogP) is 5.58. The van der Waals surface area contributed by atoms with Crippen molar-refractivity contribution < 1.29 is 28.9 Å². The molecule has 0 atom stereocenters. The number of anilines is 1. The van der Waals surface area contributed by atoms with Crippen molar-refractivity contribution in [2.45, 2.75) is 0 Å². The molecule has 0 aliphatic rings. The lowest BCUT2D eigenvalue weighted by molar-refractivity contribution is -0.394. The number of methoxy groups -OCH3 is 3. The van der Waals surface area contributed by atoms with Gasteiger partial charge in [0.2, 0.25) is 10.9 Å². The minimum absolute atomic E-state index is 0.131. The Labute approximate surface area is 232 Å². The van der Waals surface area contributed by atoms with Crippen molar-refractivity contribution in [2.24, 2.45) is 5.10 Å². The number of fused-ring (bicyclic) bond motifs is 1. The van der Waals surface area contributed by atoms with Crippen molar-refractivity contribution in [1.82, 2.24) is 4.98 Å². The van der Waals surface area contributed by atoms with Crippen molar-refractivity contribution in [3.8, 4) is 17.2 Å². The van der Waals surface area contributed by atoms with Gasteiger partial charge in [0, 0.05) is 22.2 Å². The van der Waals surface area contributed by atoms with E-state index in [9.17, 15) is 25.0 Å². The van der Waals surface area contributed by atoms with Crippen molar-refractivity contribution in [2.75, 3.05) is 26.3 Å². The van der Waals surface area contributed by atoms with Crippen LogP contribution in [0.15, 0.2) is 58.1 Å². The fraction of sp³-hybridized carbons (Fsp3) is 0.125. The van der Waals surface area contributed by atoms with Gasteiger partial charge in [-0.1, -0.05) is 27.3 Å². The summed E-state index contributed by atoms with van der Waals surface area (Å²) in [6, 6.07) is 11.2. The zero-order valence-electron chi connectivity index (χ0n) is 20.5. The highest BCUT2D eigenvalue weighted by Crippen LogP contribution is 2.38. The highest BCUT2D eigenvalue weighted by Gasteiger charge is 2.26. The highest BCUT2D eigenvalue weighted by atomic mass is 79.9. The molecule has 1 heterocycles. The quantitative estimate of drug-likeness (QED) is 0.133. The molecule has 0 saturated heterocycles. The maximum Gasteiger partial charge on any atom is 0.281 e. The van der Waals surface area contributed by atoms with Gasteiger partial charge >= 0.3 is 0 Å². The zero-order valence-corrected chi connectivity index (χ0v) is 22.9. The minimum Gasteiger partial charge on any atom is -0.493 e. The van der Waals surface area contributed by atoms with Gasteiger partial charge < -0.3 is 14.2 Å². The number of halogens is 1. The number of nitrogens with zero attached hydrogens (tertiary/aromatic N) is 5. The van der Waals surface area contributed by atoms with Gasteiger partial charge in [-0.15, -0.1) is 0 Å². The summed E-state index contributed by atoms with van der Waals surface area (Å²) in [4.78, 5) is 39.3. The van der Waals surface area contributed by atoms with E-state index in [0.29, 0.717) is 28.3 Å². The summed E-state index contributed by atoms with van der Waals surface area (Å²) in [7, 11) is 4.35. The van der Waals surface area contributed by atoms with Crippen LogP contribution in [-0.4, -0.2) is 48.3 Å². The molecule has 15 heteroatoms. The number of rotatable bonds is 9. The summed E-state index contributed by atoms with van der Waals surface area (Å²) < 4.78 is 17.6. The van der Waals surface area contributed by atoms with Gasteiger partial charge in [-0.2, -0.15) is 10.1 Å². The lowest BCUT2D eigenvalue weighted by Crippen LogP contribution is -2.26. The number of carbonyl (C=O) groups is 1. The van der Waals surface area contributed by atoms with E-state index >= 15 is 0 Å². The molecule has 0 unspecified atom stereocenters. The van der Waals surface area contributed by atoms with Gasteiger partial charge in [-0.25, -0.2) is 4.98 Å². The number of hydrogen-bond donors (Lipinski definition) is 0. The second-order valence-electron chi connectivity index (χ2n) is 7.68. The van der Waals surface area contributed by atoms with Crippen LogP contribution in [-0.2, 0) is 0 Å². The van der Waals surface area contributed by atoms with Gasteiger partial charge in [0.1, 0.15) is 0 Å². The van der Waals surface area contributed by atoms with Crippen LogP contribution in [0.4, 0.5) is 16.5 Å². The first-order valence-corrected chi connectivity index (χ1v) is 12.4. The van der Waals surface area contributed by atoms with Crippen molar-refractivity contribution in [3.63, 3.8) is 0 Å². The highest BCUT2D eigenvalue weighted by molar-refractivity contribution is 9.10. The second-order valence-corrected chi connectivity index (χ2v) is 9.61. The zero-order chi connectivity index (χ0) is 28.3. The molecule has 0 spiro atoms. The molecule has 0 radical (unpaired) electrons. The van der Waals surface area contributed by atoms with E-state index < -0.39 is 27.1 Å². The standard InChI is InChI=1S/C24H18BrN5O8S/c1-36-19-6-13(7-20(37-2)22(19)38-3)12-26-28(24-27-18-5-4-15(25)10-21(18)39-24)23(31)14-8-16(29(32)33)11-17(9-14)30(34)35/h4-12H,1-3H3/b26-12+. The van der Waals surface area contributed by atoms with Crippen molar-refractivity contribution in [3.05, 3.63) is 84.4 Å². The number of aromatic nitrogens is 1. The number of hydrogen-bond acceptors (Lipinski definition) is 11. The molecule has 4 aromatic rings. The monoisotopic (exact) mass is 615 g/mol. The minimum atomic E-state index is -0.872. The Hall–Kier alpha value is -4.63. The first-order valence-electron chi connectivity index (χ1n) is 10.8. The maximum atomic E-state index is 13.7. The van der Waals surface area contributed by atoms with Crippen LogP contribution in [0.5, 0.6) is 17.2 Å². The van der Waals surface area contributed by atoms with Gasteiger partial charge in [0.15, 0.2) is 11.5 Å². The number of non-ortho nitro benzene ring substituents is 2. The topological polar surface area (TPSA) is 160 Å². The second kappa shape index (κ2) is 11.4. The Kier molecular flexibility index (Phi) is 8.01. The van der Waals surface area contributed by atoms with E-state index in [0.717, 1.165) is 43.7 Å². The molecule has 0 N–H and O–H groups in total. The van der Waals surface area contributed by atoms with Crippen molar-refractivity contribution >= 4 is 66.1 Å². The summed E-state index contributed by atoms with van der Waals surface area (Å²) in [5.74, 6) is 0.167. The van der Waals surface area contributed by atoms with Crippen LogP contribution in [0.1, 0.15) is 15.9 Å². The van der Waals surface area contributed by atoms with Crippen LogP contribution < -0.4 is 19.2 Å². The Morgan fingerprint density at radius 1 is 0.974 bits per heavy atom. The Balaban J connectivity index is 1.86. The molecule has 0 fully saturated rings. The van der Waals surface area contributed by atoms with Crippen LogP contribution in [0, 0.1) is 20.2 Å². The van der Waals surface area contributed by atoms with Crippen molar-refractivity contribution in [1.29, 1.82) is 0 Å². The summed E-state index contributed by atoms with van der Waals surface area (Å²) in [6.45, 7) is 0. The molecule has 0 aliphatic carbocycles. The van der Waals surface area contributed by atoms with Gasteiger partial charge in [-0.05, 0) is 30.3 Å². The molecule has 13 nitrogen and oxygen atoms in total. The van der Waals surface area contributed by atoms with Crippen LogP contribution in [0.25, 0.3) is 10.2 Å². The first kappa shape index (κ1) is 27.4. The maximum absolute atomic E-state index is 13.7. The predicted molar refractivity (Wildman–Crippen MR) is 148 cm³/mol. The number of nitro groups is 2. The molecule has 0 saturated carbocycles. The SMILES string of the molecule is COc1cc(/C=N/N(C(=O)c2cc([N+](=O)[O-])cc([N+](=O)[O-])c2)c2nc3ccc(Br)cc3s2)cc(OC)c1OC. The molecule has 200 valence electrons. The average Bonchev–Trinajstić information content (AvgIpc) is 3.34. The van der Waals surface area contributed by atoms with Gasteiger partial charge in [-0.3, -0.25) is 25.0 Å². The fourth-order valence-electron chi connectivity index (χ4n) is 3.52. The van der Waals surface area contributed by atoms with Gasteiger partial charge in [0.05, 0.1) is 59.2 Å². The number of hydrazone groups is 1. The summed E-state index contributed by atoms with van der Waals surface area (Å²) in [5, 5.41) is 28.2. The lowest BCUT2D eigenvalue weighted by Gasteiger charge is -2.15. The lowest BCUT2D eigenvalue weighted by atomic mass is 10.1. The van der Waals surface area contributed by atoms with E-state index in [1.165, 1.54) is 27.5 Å². The molecule has 1 aromatic heterocycles. The molecular weight excluding hydrogens is 598 g/mol. The number of amides is 1. The van der Waals surface area contributed by atoms with E-state index in [1.54, 1.807) is 30.3 Å². The molecular formula is C24H18BrN5O8S.